The number of hydrogen-bond donors (Lipinski definition) is 3. The molecule has 1 amide bonds. The van der Waals surface area contributed by atoms with Crippen LogP contribution in [0.4, 0.5) is 0 Å². The first-order valence-electron chi connectivity index (χ1n) is 7.44. The minimum absolute atomic E-state index is 0.0614. The molecular formula is C16H23N3O4. The summed E-state index contributed by atoms with van der Waals surface area (Å²) in [6.07, 6.45) is 0.710. The van der Waals surface area contributed by atoms with Gasteiger partial charge in [0.05, 0.1) is 13.2 Å². The predicted octanol–water partition coefficient (Wildman–Crippen LogP) is 0.981. The van der Waals surface area contributed by atoms with Gasteiger partial charge in [-0.15, -0.1) is 0 Å². The maximum Gasteiger partial charge on any atom is 0.306 e. The minimum Gasteiger partial charge on any atom is -0.491 e. The molecule has 0 aliphatic rings. The molecule has 0 aliphatic carbocycles. The Morgan fingerprint density at radius 3 is 2.70 bits per heavy atom. The molecule has 1 aromatic rings. The lowest BCUT2D eigenvalue weighted by molar-refractivity contribution is -0.143. The number of aryl methyl sites for hydroxylation is 1. The molecule has 0 fully saturated rings. The average Bonchev–Trinajstić information content (AvgIpc) is 2.50. The summed E-state index contributed by atoms with van der Waals surface area (Å²) in [4.78, 5) is 22.3. The molecule has 7 nitrogen and oxygen atoms in total. The first kappa shape index (κ1) is 18.5. The van der Waals surface area contributed by atoms with Gasteiger partial charge in [0, 0.05) is 18.9 Å². The van der Waals surface area contributed by atoms with E-state index in [1.807, 2.05) is 0 Å². The van der Waals surface area contributed by atoms with E-state index < -0.39 is 0 Å². The molecule has 0 heterocycles. The summed E-state index contributed by atoms with van der Waals surface area (Å²) in [7, 11) is 0. The second-order valence-electron chi connectivity index (χ2n) is 4.87. The number of ether oxygens (including phenoxy) is 2. The molecule has 23 heavy (non-hydrogen) atoms. The SMILES string of the molecule is CCOC(=O)CCc1ccc(C(=N)N)cc1OCCNC(C)=O. The van der Waals surface area contributed by atoms with Crippen LogP contribution in [0.2, 0.25) is 0 Å². The molecule has 0 aliphatic heterocycles. The standard InChI is InChI=1S/C16H23N3O4/c1-3-22-15(21)7-6-12-4-5-13(16(17)18)10-14(12)23-9-8-19-11(2)20/h4-5,10H,3,6-9H2,1-2H3,(H3,17,18)(H,19,20). The van der Waals surface area contributed by atoms with Crippen molar-refractivity contribution in [3.63, 3.8) is 0 Å². The molecular weight excluding hydrogens is 298 g/mol. The van der Waals surface area contributed by atoms with E-state index in [1.165, 1.54) is 6.92 Å². The zero-order valence-corrected chi connectivity index (χ0v) is 13.5. The van der Waals surface area contributed by atoms with Crippen LogP contribution >= 0.6 is 0 Å². The van der Waals surface area contributed by atoms with Crippen LogP contribution < -0.4 is 15.8 Å². The zero-order chi connectivity index (χ0) is 17.2. The number of benzene rings is 1. The van der Waals surface area contributed by atoms with Crippen molar-refractivity contribution in [3.8, 4) is 5.75 Å². The Hall–Kier alpha value is -2.57. The van der Waals surface area contributed by atoms with Crippen molar-refractivity contribution in [3.05, 3.63) is 29.3 Å². The number of rotatable bonds is 9. The Bertz CT molecular complexity index is 572. The van der Waals surface area contributed by atoms with Crippen molar-refractivity contribution in [2.45, 2.75) is 26.7 Å². The highest BCUT2D eigenvalue weighted by atomic mass is 16.5. The van der Waals surface area contributed by atoms with Crippen LogP contribution in [0.5, 0.6) is 5.75 Å². The summed E-state index contributed by atoms with van der Waals surface area (Å²) in [5, 5.41) is 10.1. The second-order valence-corrected chi connectivity index (χ2v) is 4.87. The van der Waals surface area contributed by atoms with Crippen LogP contribution in [0.25, 0.3) is 0 Å². The summed E-state index contributed by atoms with van der Waals surface area (Å²) in [5.41, 5.74) is 6.85. The molecule has 4 N–H and O–H groups in total. The number of amides is 1. The van der Waals surface area contributed by atoms with Crippen molar-refractivity contribution in [2.75, 3.05) is 19.8 Å². The Morgan fingerprint density at radius 2 is 2.09 bits per heavy atom. The van der Waals surface area contributed by atoms with Gasteiger partial charge < -0.3 is 20.5 Å². The first-order chi connectivity index (χ1) is 10.9. The van der Waals surface area contributed by atoms with Gasteiger partial charge in [-0.2, -0.15) is 0 Å². The van der Waals surface area contributed by atoms with Gasteiger partial charge in [0.1, 0.15) is 18.2 Å². The van der Waals surface area contributed by atoms with E-state index in [-0.39, 0.29) is 30.7 Å². The van der Waals surface area contributed by atoms with Crippen LogP contribution in [-0.4, -0.2) is 37.5 Å². The third-order valence-corrected chi connectivity index (χ3v) is 3.02. The number of amidine groups is 1. The minimum atomic E-state index is -0.271. The summed E-state index contributed by atoms with van der Waals surface area (Å²) in [6.45, 7) is 4.20. The van der Waals surface area contributed by atoms with Gasteiger partial charge in [0.25, 0.3) is 0 Å². The Morgan fingerprint density at radius 1 is 1.35 bits per heavy atom. The molecule has 0 bridgehead atoms. The van der Waals surface area contributed by atoms with Crippen molar-refractivity contribution in [1.29, 1.82) is 5.41 Å². The molecule has 0 unspecified atom stereocenters. The fourth-order valence-corrected chi connectivity index (χ4v) is 1.92. The predicted molar refractivity (Wildman–Crippen MR) is 86.6 cm³/mol. The molecule has 1 rings (SSSR count). The number of carbonyl (C=O) groups is 2. The monoisotopic (exact) mass is 321 g/mol. The first-order valence-corrected chi connectivity index (χ1v) is 7.44. The fraction of sp³-hybridized carbons (Fsp3) is 0.438. The number of hydrogen-bond acceptors (Lipinski definition) is 5. The normalized spacial score (nSPS) is 10.0. The molecule has 7 heteroatoms. The highest BCUT2D eigenvalue weighted by Crippen LogP contribution is 2.22. The maximum atomic E-state index is 11.5. The topological polar surface area (TPSA) is 114 Å². The van der Waals surface area contributed by atoms with E-state index in [4.69, 9.17) is 20.6 Å². The van der Waals surface area contributed by atoms with Gasteiger partial charge in [-0.1, -0.05) is 12.1 Å². The Labute approximate surface area is 135 Å². The van der Waals surface area contributed by atoms with E-state index >= 15 is 0 Å². The van der Waals surface area contributed by atoms with Crippen LogP contribution in [-0.2, 0) is 20.7 Å². The van der Waals surface area contributed by atoms with Gasteiger partial charge in [0.2, 0.25) is 5.91 Å². The average molecular weight is 321 g/mol. The maximum absolute atomic E-state index is 11.5. The molecule has 0 saturated heterocycles. The number of nitrogens with one attached hydrogen (secondary N) is 2. The molecule has 1 aromatic carbocycles. The van der Waals surface area contributed by atoms with E-state index in [2.05, 4.69) is 5.32 Å². The van der Waals surface area contributed by atoms with Gasteiger partial charge in [-0.05, 0) is 25.0 Å². The third-order valence-electron chi connectivity index (χ3n) is 3.02. The van der Waals surface area contributed by atoms with Crippen molar-refractivity contribution < 1.29 is 19.1 Å². The van der Waals surface area contributed by atoms with E-state index in [0.717, 1.165) is 5.56 Å². The third kappa shape index (κ3) is 6.82. The highest BCUT2D eigenvalue weighted by molar-refractivity contribution is 5.95. The van der Waals surface area contributed by atoms with Crippen LogP contribution in [0.15, 0.2) is 18.2 Å². The van der Waals surface area contributed by atoms with Crippen LogP contribution in [0.3, 0.4) is 0 Å². The summed E-state index contributed by atoms with van der Waals surface area (Å²) >= 11 is 0. The van der Waals surface area contributed by atoms with E-state index in [0.29, 0.717) is 30.9 Å². The second kappa shape index (κ2) is 9.45. The number of nitrogens with two attached hydrogens (primary N) is 1. The van der Waals surface area contributed by atoms with E-state index in [9.17, 15) is 9.59 Å². The highest BCUT2D eigenvalue weighted by Gasteiger charge is 2.10. The molecule has 0 aromatic heterocycles. The fourth-order valence-electron chi connectivity index (χ4n) is 1.92. The van der Waals surface area contributed by atoms with Crippen molar-refractivity contribution in [2.24, 2.45) is 5.73 Å². The lowest BCUT2D eigenvalue weighted by Crippen LogP contribution is -2.25. The molecule has 0 atom stereocenters. The largest absolute Gasteiger partial charge is 0.491 e. The molecule has 0 radical (unpaired) electrons. The van der Waals surface area contributed by atoms with Crippen molar-refractivity contribution in [1.82, 2.24) is 5.32 Å². The van der Waals surface area contributed by atoms with E-state index in [1.54, 1.807) is 25.1 Å². The number of carbonyl (C=O) groups excluding carboxylic acids is 2. The zero-order valence-electron chi connectivity index (χ0n) is 13.5. The smallest absolute Gasteiger partial charge is 0.306 e. The van der Waals surface area contributed by atoms with Gasteiger partial charge in [-0.25, -0.2) is 0 Å². The van der Waals surface area contributed by atoms with Gasteiger partial charge in [0.15, 0.2) is 0 Å². The Balaban J connectivity index is 2.75. The Kier molecular flexibility index (Phi) is 7.59. The molecule has 0 spiro atoms. The van der Waals surface area contributed by atoms with Gasteiger partial charge >= 0.3 is 5.97 Å². The summed E-state index contributed by atoms with van der Waals surface area (Å²) in [5.74, 6) is 0.0852. The lowest BCUT2D eigenvalue weighted by Gasteiger charge is -2.13. The number of esters is 1. The van der Waals surface area contributed by atoms with Crippen LogP contribution in [0.1, 0.15) is 31.4 Å². The van der Waals surface area contributed by atoms with Crippen LogP contribution in [0, 0.1) is 5.41 Å². The van der Waals surface area contributed by atoms with Crippen molar-refractivity contribution >= 4 is 17.7 Å². The quantitative estimate of drug-likeness (QED) is 0.271. The van der Waals surface area contributed by atoms with Gasteiger partial charge in [-0.3, -0.25) is 15.0 Å². The number of nitrogen functional groups attached to an aromatic ring is 1. The summed E-state index contributed by atoms with van der Waals surface area (Å²) < 4.78 is 10.6. The summed E-state index contributed by atoms with van der Waals surface area (Å²) in [6, 6.07) is 5.16. The molecule has 126 valence electrons. The lowest BCUT2D eigenvalue weighted by atomic mass is 10.1. The molecule has 0 saturated carbocycles.